The Morgan fingerprint density at radius 3 is 2.86 bits per heavy atom. The highest BCUT2D eigenvalue weighted by Gasteiger charge is 2.21. The van der Waals surface area contributed by atoms with Crippen molar-refractivity contribution in [3.05, 3.63) is 63.9 Å². The van der Waals surface area contributed by atoms with E-state index in [-0.39, 0.29) is 5.91 Å². The van der Waals surface area contributed by atoms with Crippen LogP contribution in [-0.4, -0.2) is 24.0 Å². The lowest BCUT2D eigenvalue weighted by Crippen LogP contribution is -2.32. The van der Waals surface area contributed by atoms with Gasteiger partial charge in [-0.05, 0) is 40.2 Å². The number of nitrogens with zero attached hydrogens (tertiary/aromatic N) is 1. The van der Waals surface area contributed by atoms with E-state index >= 15 is 0 Å². The minimum atomic E-state index is -0.438. The summed E-state index contributed by atoms with van der Waals surface area (Å²) < 4.78 is 19.6. The molecule has 0 saturated heterocycles. The lowest BCUT2D eigenvalue weighted by Gasteiger charge is -2.20. The normalized spacial score (nSPS) is 14.1. The molecule has 0 saturated carbocycles. The van der Waals surface area contributed by atoms with E-state index < -0.39 is 5.82 Å². The second-order valence-electron chi connectivity index (χ2n) is 4.81. The van der Waals surface area contributed by atoms with Crippen molar-refractivity contribution in [2.45, 2.75) is 6.54 Å². The van der Waals surface area contributed by atoms with Gasteiger partial charge in [0, 0.05) is 17.7 Å². The molecule has 0 aromatic heterocycles. The number of ether oxygens (including phenoxy) is 1. The molecule has 1 heterocycles. The van der Waals surface area contributed by atoms with Gasteiger partial charge < -0.3 is 9.64 Å². The summed E-state index contributed by atoms with van der Waals surface area (Å²) in [6, 6.07) is 12.1. The highest BCUT2D eigenvalue weighted by Crippen LogP contribution is 2.24. The average Bonchev–Trinajstić information content (AvgIpc) is 2.71. The molecule has 2 aromatic carbocycles. The number of fused-ring (bicyclic) bond motifs is 1. The van der Waals surface area contributed by atoms with Crippen LogP contribution in [0.2, 0.25) is 0 Å². The van der Waals surface area contributed by atoms with Gasteiger partial charge in [0.1, 0.15) is 18.2 Å². The van der Waals surface area contributed by atoms with Gasteiger partial charge in [-0.15, -0.1) is 0 Å². The van der Waals surface area contributed by atoms with E-state index in [9.17, 15) is 9.18 Å². The zero-order valence-electron chi connectivity index (χ0n) is 11.2. The Morgan fingerprint density at radius 2 is 2.05 bits per heavy atom. The van der Waals surface area contributed by atoms with Gasteiger partial charge in [-0.2, -0.15) is 0 Å². The summed E-state index contributed by atoms with van der Waals surface area (Å²) in [5.41, 5.74) is 1.30. The molecule has 21 heavy (non-hydrogen) atoms. The topological polar surface area (TPSA) is 29.5 Å². The van der Waals surface area contributed by atoms with Gasteiger partial charge in [0.25, 0.3) is 5.91 Å². The van der Waals surface area contributed by atoms with Crippen LogP contribution in [-0.2, 0) is 6.54 Å². The first-order valence-corrected chi connectivity index (χ1v) is 7.39. The van der Waals surface area contributed by atoms with Gasteiger partial charge >= 0.3 is 0 Å². The van der Waals surface area contributed by atoms with Gasteiger partial charge in [0.2, 0.25) is 0 Å². The third kappa shape index (κ3) is 2.93. The largest absolute Gasteiger partial charge is 0.491 e. The lowest BCUT2D eigenvalue weighted by atomic mass is 10.1. The Morgan fingerprint density at radius 1 is 1.24 bits per heavy atom. The maximum Gasteiger partial charge on any atom is 0.254 e. The molecule has 0 unspecified atom stereocenters. The number of rotatable bonds is 1. The number of carbonyl (C=O) groups is 1. The van der Waals surface area contributed by atoms with E-state index in [0.29, 0.717) is 29.7 Å². The van der Waals surface area contributed by atoms with Crippen LogP contribution in [0.1, 0.15) is 15.9 Å². The molecule has 0 radical (unpaired) electrons. The molecular weight excluding hydrogens is 337 g/mol. The fourth-order valence-electron chi connectivity index (χ4n) is 2.31. The highest BCUT2D eigenvalue weighted by atomic mass is 79.9. The summed E-state index contributed by atoms with van der Waals surface area (Å²) in [6.45, 7) is 1.37. The van der Waals surface area contributed by atoms with Crippen LogP contribution < -0.4 is 4.74 Å². The Balaban J connectivity index is 1.86. The summed E-state index contributed by atoms with van der Waals surface area (Å²) >= 11 is 3.09. The summed E-state index contributed by atoms with van der Waals surface area (Å²) in [7, 11) is 0. The van der Waals surface area contributed by atoms with E-state index in [1.807, 2.05) is 24.3 Å². The van der Waals surface area contributed by atoms with Crippen molar-refractivity contribution in [1.29, 1.82) is 0 Å². The predicted molar refractivity (Wildman–Crippen MR) is 80.8 cm³/mol. The van der Waals surface area contributed by atoms with E-state index in [4.69, 9.17) is 4.74 Å². The Labute approximate surface area is 130 Å². The van der Waals surface area contributed by atoms with Gasteiger partial charge in [0.05, 0.1) is 11.0 Å². The first-order chi connectivity index (χ1) is 10.1. The molecule has 3 rings (SSSR count). The third-order valence-electron chi connectivity index (χ3n) is 3.41. The van der Waals surface area contributed by atoms with Crippen LogP contribution in [0.25, 0.3) is 0 Å². The Hall–Kier alpha value is -1.88. The molecule has 1 aliphatic heterocycles. The molecule has 108 valence electrons. The van der Waals surface area contributed by atoms with Gasteiger partial charge in [0.15, 0.2) is 0 Å². The first-order valence-electron chi connectivity index (χ1n) is 6.60. The van der Waals surface area contributed by atoms with Crippen molar-refractivity contribution in [2.24, 2.45) is 0 Å². The standard InChI is InChI=1S/C16H13BrFNO2/c17-13-6-5-11(9-14(13)18)16(20)19-7-8-21-15-4-2-1-3-12(15)10-19/h1-6,9H,7-8,10H2. The third-order valence-corrected chi connectivity index (χ3v) is 4.05. The average molecular weight is 350 g/mol. The molecular formula is C16H13BrFNO2. The fraction of sp³-hybridized carbons (Fsp3) is 0.188. The Bertz CT molecular complexity index is 690. The molecule has 0 atom stereocenters. The smallest absolute Gasteiger partial charge is 0.254 e. The van der Waals surface area contributed by atoms with E-state index in [2.05, 4.69) is 15.9 Å². The van der Waals surface area contributed by atoms with Crippen molar-refractivity contribution >= 4 is 21.8 Å². The number of hydrogen-bond acceptors (Lipinski definition) is 2. The van der Waals surface area contributed by atoms with Gasteiger partial charge in [-0.3, -0.25) is 4.79 Å². The molecule has 0 bridgehead atoms. The van der Waals surface area contributed by atoms with Crippen molar-refractivity contribution in [1.82, 2.24) is 4.90 Å². The highest BCUT2D eigenvalue weighted by molar-refractivity contribution is 9.10. The number of para-hydroxylation sites is 1. The SMILES string of the molecule is O=C(c1ccc(Br)c(F)c1)N1CCOc2ccccc2C1. The number of amides is 1. The maximum atomic E-state index is 13.6. The molecule has 3 nitrogen and oxygen atoms in total. The van der Waals surface area contributed by atoms with Crippen LogP contribution in [0.3, 0.4) is 0 Å². The van der Waals surface area contributed by atoms with Gasteiger partial charge in [-0.1, -0.05) is 18.2 Å². The number of benzene rings is 2. The fourth-order valence-corrected chi connectivity index (χ4v) is 2.56. The molecule has 1 aliphatic rings. The molecule has 1 amide bonds. The van der Waals surface area contributed by atoms with Crippen LogP contribution >= 0.6 is 15.9 Å². The van der Waals surface area contributed by atoms with Crippen molar-refractivity contribution < 1.29 is 13.9 Å². The monoisotopic (exact) mass is 349 g/mol. The quantitative estimate of drug-likeness (QED) is 0.786. The molecule has 0 aliphatic carbocycles. The summed E-state index contributed by atoms with van der Waals surface area (Å²) in [6.07, 6.45) is 0. The molecule has 5 heteroatoms. The molecule has 2 aromatic rings. The summed E-state index contributed by atoms with van der Waals surface area (Å²) in [5.74, 6) is 0.170. The molecule has 0 fully saturated rings. The Kier molecular flexibility index (Phi) is 3.92. The van der Waals surface area contributed by atoms with Crippen LogP contribution in [0.5, 0.6) is 5.75 Å². The van der Waals surface area contributed by atoms with Gasteiger partial charge in [-0.25, -0.2) is 4.39 Å². The summed E-state index contributed by atoms with van der Waals surface area (Å²) in [4.78, 5) is 14.2. The zero-order chi connectivity index (χ0) is 14.8. The van der Waals surface area contributed by atoms with E-state index in [1.165, 1.54) is 6.07 Å². The van der Waals surface area contributed by atoms with Crippen molar-refractivity contribution in [3.8, 4) is 5.75 Å². The predicted octanol–water partition coefficient (Wildman–Crippen LogP) is 3.62. The molecule has 0 spiro atoms. The maximum absolute atomic E-state index is 13.6. The minimum Gasteiger partial charge on any atom is -0.491 e. The zero-order valence-corrected chi connectivity index (χ0v) is 12.8. The van der Waals surface area contributed by atoms with Crippen LogP contribution in [0.4, 0.5) is 4.39 Å². The van der Waals surface area contributed by atoms with E-state index in [1.54, 1.807) is 17.0 Å². The number of hydrogen-bond donors (Lipinski definition) is 0. The second-order valence-corrected chi connectivity index (χ2v) is 5.67. The lowest BCUT2D eigenvalue weighted by molar-refractivity contribution is 0.0732. The van der Waals surface area contributed by atoms with Crippen LogP contribution in [0, 0.1) is 5.82 Å². The summed E-state index contributed by atoms with van der Waals surface area (Å²) in [5, 5.41) is 0. The van der Waals surface area contributed by atoms with Crippen LogP contribution in [0.15, 0.2) is 46.9 Å². The number of carbonyl (C=O) groups excluding carboxylic acids is 1. The van der Waals surface area contributed by atoms with Crippen molar-refractivity contribution in [3.63, 3.8) is 0 Å². The second kappa shape index (κ2) is 5.85. The molecule has 0 N–H and O–H groups in total. The number of halogens is 2. The minimum absolute atomic E-state index is 0.193. The first kappa shape index (κ1) is 14.1. The van der Waals surface area contributed by atoms with Crippen molar-refractivity contribution in [2.75, 3.05) is 13.2 Å². The van der Waals surface area contributed by atoms with E-state index in [0.717, 1.165) is 11.3 Å².